The number of aromatic nitrogens is 1. The van der Waals surface area contributed by atoms with Gasteiger partial charge in [-0.3, -0.25) is 0 Å². The number of rotatable bonds is 5. The molecule has 0 fully saturated rings. The van der Waals surface area contributed by atoms with Crippen LogP contribution < -0.4 is 4.74 Å². The summed E-state index contributed by atoms with van der Waals surface area (Å²) < 4.78 is 5.64. The highest BCUT2D eigenvalue weighted by molar-refractivity contribution is 7.11. The van der Waals surface area contributed by atoms with Crippen molar-refractivity contribution < 1.29 is 4.74 Å². The Kier molecular flexibility index (Phi) is 5.72. The predicted molar refractivity (Wildman–Crippen MR) is 108 cm³/mol. The number of benzene rings is 2. The van der Waals surface area contributed by atoms with Gasteiger partial charge in [-0.2, -0.15) is 5.26 Å². The lowest BCUT2D eigenvalue weighted by atomic mass is 10.1. The number of hydrogen-bond donors (Lipinski definition) is 0. The Labute approximate surface area is 162 Å². The Morgan fingerprint density at radius 3 is 2.46 bits per heavy atom. The Morgan fingerprint density at radius 2 is 1.85 bits per heavy atom. The summed E-state index contributed by atoms with van der Waals surface area (Å²) in [6.07, 6.45) is 1.97. The minimum Gasteiger partial charge on any atom is -0.491 e. The molecule has 0 aliphatic carbocycles. The lowest BCUT2D eigenvalue weighted by Gasteiger charge is -2.09. The summed E-state index contributed by atoms with van der Waals surface area (Å²) in [5, 5.41) is 12.9. The van der Waals surface area contributed by atoms with Gasteiger partial charge in [-0.1, -0.05) is 35.9 Å². The zero-order valence-electron chi connectivity index (χ0n) is 14.4. The summed E-state index contributed by atoms with van der Waals surface area (Å²) >= 11 is 7.38. The van der Waals surface area contributed by atoms with Gasteiger partial charge in [-0.05, 0) is 49.8 Å². The smallest absolute Gasteiger partial charge is 0.134 e. The quantitative estimate of drug-likeness (QED) is 0.487. The number of allylic oxidation sites excluding steroid dienone is 1. The van der Waals surface area contributed by atoms with Gasteiger partial charge >= 0.3 is 0 Å². The Hall–Kier alpha value is -2.61. The number of nitriles is 1. The Bertz CT molecular complexity index is 951. The van der Waals surface area contributed by atoms with Crippen molar-refractivity contribution in [1.82, 2.24) is 4.98 Å². The van der Waals surface area contributed by atoms with Crippen molar-refractivity contribution in [3.05, 3.63) is 69.5 Å². The first kappa shape index (κ1) is 18.2. The van der Waals surface area contributed by atoms with Crippen LogP contribution in [0.25, 0.3) is 22.9 Å². The zero-order valence-corrected chi connectivity index (χ0v) is 16.0. The maximum absolute atomic E-state index is 9.54. The summed E-state index contributed by atoms with van der Waals surface area (Å²) in [5.74, 6) is 0.815. The summed E-state index contributed by atoms with van der Waals surface area (Å²) in [4.78, 5) is 4.59. The number of nitrogens with zero attached hydrogens (tertiary/aromatic N) is 2. The zero-order chi connectivity index (χ0) is 18.5. The fourth-order valence-electron chi connectivity index (χ4n) is 2.37. The molecule has 2 aromatic carbocycles. The van der Waals surface area contributed by atoms with Crippen molar-refractivity contribution in [2.24, 2.45) is 0 Å². The first-order chi connectivity index (χ1) is 12.5. The molecule has 0 N–H and O–H groups in total. The van der Waals surface area contributed by atoms with E-state index >= 15 is 0 Å². The van der Waals surface area contributed by atoms with Crippen molar-refractivity contribution in [3.8, 4) is 23.1 Å². The molecule has 0 amide bonds. The largest absolute Gasteiger partial charge is 0.491 e. The Balaban J connectivity index is 1.84. The molecule has 1 aromatic heterocycles. The topological polar surface area (TPSA) is 45.9 Å². The van der Waals surface area contributed by atoms with Crippen LogP contribution in [-0.4, -0.2) is 11.1 Å². The lowest BCUT2D eigenvalue weighted by Crippen LogP contribution is -2.05. The summed E-state index contributed by atoms with van der Waals surface area (Å²) in [6, 6.07) is 17.4. The van der Waals surface area contributed by atoms with E-state index in [1.807, 2.05) is 73.8 Å². The molecule has 0 spiro atoms. The third-order valence-corrected chi connectivity index (χ3v) is 4.69. The van der Waals surface area contributed by atoms with Crippen molar-refractivity contribution in [2.45, 2.75) is 20.0 Å². The molecule has 0 unspecified atom stereocenters. The third-order valence-electron chi connectivity index (χ3n) is 3.56. The molecular formula is C21H17ClN2OS. The van der Waals surface area contributed by atoms with Gasteiger partial charge in [0, 0.05) is 16.0 Å². The highest BCUT2D eigenvalue weighted by atomic mass is 35.5. The van der Waals surface area contributed by atoms with Crippen LogP contribution in [0.15, 0.2) is 53.9 Å². The van der Waals surface area contributed by atoms with Gasteiger partial charge in [0.2, 0.25) is 0 Å². The number of thiazole rings is 1. The van der Waals surface area contributed by atoms with Gasteiger partial charge in [0.1, 0.15) is 16.8 Å². The second-order valence-corrected chi connectivity index (χ2v) is 7.24. The molecule has 5 heteroatoms. The molecule has 3 nitrogen and oxygen atoms in total. The van der Waals surface area contributed by atoms with E-state index < -0.39 is 0 Å². The predicted octanol–water partition coefficient (Wildman–Crippen LogP) is 6.31. The summed E-state index contributed by atoms with van der Waals surface area (Å²) in [7, 11) is 0. The SMILES string of the molecule is CC(C)Oc1ccc(/C=C(/C#N)c2nc(-c3ccc(Cl)cc3)cs2)cc1. The maximum atomic E-state index is 9.54. The fourth-order valence-corrected chi connectivity index (χ4v) is 3.29. The lowest BCUT2D eigenvalue weighted by molar-refractivity contribution is 0.242. The van der Waals surface area contributed by atoms with Gasteiger partial charge < -0.3 is 4.74 Å². The molecular weight excluding hydrogens is 364 g/mol. The van der Waals surface area contributed by atoms with E-state index in [0.29, 0.717) is 15.6 Å². The maximum Gasteiger partial charge on any atom is 0.134 e. The van der Waals surface area contributed by atoms with E-state index in [2.05, 4.69) is 11.1 Å². The first-order valence-corrected chi connectivity index (χ1v) is 9.41. The average molecular weight is 381 g/mol. The van der Waals surface area contributed by atoms with Gasteiger partial charge in [0.05, 0.1) is 17.4 Å². The fraction of sp³-hybridized carbons (Fsp3) is 0.143. The molecule has 130 valence electrons. The summed E-state index contributed by atoms with van der Waals surface area (Å²) in [5.41, 5.74) is 3.28. The normalized spacial score (nSPS) is 11.4. The third kappa shape index (κ3) is 4.51. The molecule has 0 saturated heterocycles. The van der Waals surface area contributed by atoms with E-state index in [9.17, 15) is 5.26 Å². The van der Waals surface area contributed by atoms with Gasteiger partial charge in [-0.25, -0.2) is 4.98 Å². The minimum absolute atomic E-state index is 0.132. The van der Waals surface area contributed by atoms with Crippen molar-refractivity contribution >= 4 is 34.6 Å². The van der Waals surface area contributed by atoms with Crippen LogP contribution in [0, 0.1) is 11.3 Å². The molecule has 0 atom stereocenters. The van der Waals surface area contributed by atoms with E-state index in [-0.39, 0.29) is 6.10 Å². The van der Waals surface area contributed by atoms with Crippen LogP contribution in [-0.2, 0) is 0 Å². The second kappa shape index (κ2) is 8.18. The Morgan fingerprint density at radius 1 is 1.15 bits per heavy atom. The molecule has 0 aliphatic heterocycles. The van der Waals surface area contributed by atoms with Crippen LogP contribution in [0.2, 0.25) is 5.02 Å². The number of ether oxygens (including phenoxy) is 1. The van der Waals surface area contributed by atoms with Crippen LogP contribution in [0.3, 0.4) is 0 Å². The van der Waals surface area contributed by atoms with Crippen molar-refractivity contribution in [3.63, 3.8) is 0 Å². The molecule has 26 heavy (non-hydrogen) atoms. The molecule has 0 bridgehead atoms. The molecule has 3 rings (SSSR count). The first-order valence-electron chi connectivity index (χ1n) is 8.15. The molecule has 0 aliphatic rings. The van der Waals surface area contributed by atoms with E-state index in [1.165, 1.54) is 11.3 Å². The van der Waals surface area contributed by atoms with E-state index in [1.54, 1.807) is 0 Å². The number of halogens is 1. The standard InChI is InChI=1S/C21H17ClN2OS/c1-14(2)25-19-9-3-15(4-10-19)11-17(12-23)21-24-20(13-26-21)16-5-7-18(22)8-6-16/h3-11,13-14H,1-2H3/b17-11-. The van der Waals surface area contributed by atoms with Crippen LogP contribution in [0.4, 0.5) is 0 Å². The van der Waals surface area contributed by atoms with Crippen LogP contribution >= 0.6 is 22.9 Å². The minimum atomic E-state index is 0.132. The monoisotopic (exact) mass is 380 g/mol. The highest BCUT2D eigenvalue weighted by Crippen LogP contribution is 2.28. The number of hydrogen-bond acceptors (Lipinski definition) is 4. The van der Waals surface area contributed by atoms with Gasteiger partial charge in [0.25, 0.3) is 0 Å². The van der Waals surface area contributed by atoms with Crippen molar-refractivity contribution in [2.75, 3.05) is 0 Å². The molecule has 3 aromatic rings. The van der Waals surface area contributed by atoms with E-state index in [4.69, 9.17) is 16.3 Å². The highest BCUT2D eigenvalue weighted by Gasteiger charge is 2.09. The van der Waals surface area contributed by atoms with Crippen LogP contribution in [0.1, 0.15) is 24.4 Å². The molecule has 0 saturated carbocycles. The second-order valence-electron chi connectivity index (χ2n) is 5.95. The molecule has 0 radical (unpaired) electrons. The van der Waals surface area contributed by atoms with Crippen molar-refractivity contribution in [1.29, 1.82) is 5.26 Å². The summed E-state index contributed by atoms with van der Waals surface area (Å²) in [6.45, 7) is 3.98. The van der Waals surface area contributed by atoms with Crippen LogP contribution in [0.5, 0.6) is 5.75 Å². The van der Waals surface area contributed by atoms with Gasteiger partial charge in [0.15, 0.2) is 0 Å². The van der Waals surface area contributed by atoms with Gasteiger partial charge in [-0.15, -0.1) is 11.3 Å². The average Bonchev–Trinajstić information content (AvgIpc) is 3.11. The van der Waals surface area contributed by atoms with E-state index in [0.717, 1.165) is 22.6 Å². The molecule has 1 heterocycles.